The molecule has 2 rings (SSSR count). The molecular formula is C14H18F2N2O. The summed E-state index contributed by atoms with van der Waals surface area (Å²) in [5.41, 5.74) is 6.38. The molecular weight excluding hydrogens is 250 g/mol. The third-order valence-electron chi connectivity index (χ3n) is 3.54. The topological polar surface area (TPSA) is 55.1 Å². The number of halogens is 2. The van der Waals surface area contributed by atoms with Crippen LogP contribution in [0.3, 0.4) is 0 Å². The largest absolute Gasteiger partial charge is 0.355 e. The van der Waals surface area contributed by atoms with Crippen molar-refractivity contribution in [3.8, 4) is 0 Å². The highest BCUT2D eigenvalue weighted by Gasteiger charge is 2.29. The molecule has 1 aromatic rings. The lowest BCUT2D eigenvalue weighted by Crippen LogP contribution is -2.39. The molecule has 19 heavy (non-hydrogen) atoms. The van der Waals surface area contributed by atoms with Crippen LogP contribution in [0.4, 0.5) is 8.78 Å². The first kappa shape index (κ1) is 13.9. The predicted octanol–water partition coefficient (Wildman–Crippen LogP) is 1.75. The van der Waals surface area contributed by atoms with E-state index in [2.05, 4.69) is 5.32 Å². The summed E-state index contributed by atoms with van der Waals surface area (Å²) in [4.78, 5) is 11.8. The molecule has 2 atom stereocenters. The van der Waals surface area contributed by atoms with Crippen molar-refractivity contribution in [1.29, 1.82) is 0 Å². The van der Waals surface area contributed by atoms with Crippen molar-refractivity contribution in [1.82, 2.24) is 5.32 Å². The van der Waals surface area contributed by atoms with E-state index in [1.165, 1.54) is 12.1 Å². The van der Waals surface area contributed by atoms with Gasteiger partial charge in [-0.1, -0.05) is 6.42 Å². The van der Waals surface area contributed by atoms with Crippen molar-refractivity contribution in [2.24, 2.45) is 11.7 Å². The Labute approximate surface area is 111 Å². The van der Waals surface area contributed by atoms with Gasteiger partial charge in [-0.2, -0.15) is 0 Å². The molecule has 0 radical (unpaired) electrons. The third-order valence-corrected chi connectivity index (χ3v) is 3.54. The summed E-state index contributed by atoms with van der Waals surface area (Å²) in [5.74, 6) is -1.37. The van der Waals surface area contributed by atoms with Crippen LogP contribution in [-0.2, 0) is 11.2 Å². The second-order valence-corrected chi connectivity index (χ2v) is 5.02. The first-order valence-corrected chi connectivity index (χ1v) is 6.54. The Morgan fingerprint density at radius 2 is 1.95 bits per heavy atom. The zero-order valence-corrected chi connectivity index (χ0v) is 10.7. The summed E-state index contributed by atoms with van der Waals surface area (Å²) in [5, 5.41) is 2.78. The van der Waals surface area contributed by atoms with Crippen LogP contribution in [0.2, 0.25) is 0 Å². The van der Waals surface area contributed by atoms with Crippen LogP contribution in [0.1, 0.15) is 24.8 Å². The van der Waals surface area contributed by atoms with Gasteiger partial charge in [0.2, 0.25) is 5.91 Å². The van der Waals surface area contributed by atoms with Crippen molar-refractivity contribution in [2.75, 3.05) is 6.54 Å². The highest BCUT2D eigenvalue weighted by Crippen LogP contribution is 2.23. The summed E-state index contributed by atoms with van der Waals surface area (Å²) in [6, 6.07) is 3.32. The Morgan fingerprint density at radius 3 is 2.53 bits per heavy atom. The summed E-state index contributed by atoms with van der Waals surface area (Å²) in [6.07, 6.45) is 3.09. The molecule has 3 N–H and O–H groups in total. The minimum atomic E-state index is -0.598. The van der Waals surface area contributed by atoms with Crippen LogP contribution in [0.5, 0.6) is 0 Å². The fourth-order valence-electron chi connectivity index (χ4n) is 2.53. The lowest BCUT2D eigenvalue weighted by atomic mass is 10.0. The zero-order chi connectivity index (χ0) is 13.8. The first-order chi connectivity index (χ1) is 9.06. The maximum absolute atomic E-state index is 13.0. The van der Waals surface area contributed by atoms with Crippen LogP contribution in [0, 0.1) is 17.6 Å². The van der Waals surface area contributed by atoms with E-state index in [0.717, 1.165) is 25.3 Å². The van der Waals surface area contributed by atoms with E-state index in [0.29, 0.717) is 18.5 Å². The van der Waals surface area contributed by atoms with E-state index in [-0.39, 0.29) is 17.9 Å². The fourth-order valence-corrected chi connectivity index (χ4v) is 2.53. The average molecular weight is 268 g/mol. The molecule has 3 nitrogen and oxygen atoms in total. The van der Waals surface area contributed by atoms with Gasteiger partial charge >= 0.3 is 0 Å². The molecule has 1 saturated carbocycles. The minimum Gasteiger partial charge on any atom is -0.355 e. The second-order valence-electron chi connectivity index (χ2n) is 5.02. The van der Waals surface area contributed by atoms with Crippen LogP contribution in [0.15, 0.2) is 18.2 Å². The average Bonchev–Trinajstić information content (AvgIpc) is 2.74. The minimum absolute atomic E-state index is 0.0538. The quantitative estimate of drug-likeness (QED) is 0.874. The van der Waals surface area contributed by atoms with E-state index in [1.54, 1.807) is 0 Å². The lowest BCUT2D eigenvalue weighted by molar-refractivity contribution is -0.125. The van der Waals surface area contributed by atoms with Crippen molar-refractivity contribution >= 4 is 5.91 Å². The number of nitrogens with two attached hydrogens (primary N) is 1. The third kappa shape index (κ3) is 3.73. The van der Waals surface area contributed by atoms with Crippen molar-refractivity contribution in [3.63, 3.8) is 0 Å². The second kappa shape index (κ2) is 6.10. The Balaban J connectivity index is 1.81. The molecule has 1 fully saturated rings. The van der Waals surface area contributed by atoms with Gasteiger partial charge in [0.15, 0.2) is 0 Å². The SMILES string of the molecule is NC1CCCC1C(=O)NCCc1cc(F)cc(F)c1. The molecule has 0 aromatic heterocycles. The predicted molar refractivity (Wildman–Crippen MR) is 68.4 cm³/mol. The van der Waals surface area contributed by atoms with E-state index in [9.17, 15) is 13.6 Å². The summed E-state index contributed by atoms with van der Waals surface area (Å²) >= 11 is 0. The summed E-state index contributed by atoms with van der Waals surface area (Å²) < 4.78 is 25.9. The van der Waals surface area contributed by atoms with E-state index in [1.807, 2.05) is 0 Å². The van der Waals surface area contributed by atoms with Crippen LogP contribution < -0.4 is 11.1 Å². The highest BCUT2D eigenvalue weighted by atomic mass is 19.1. The summed E-state index contributed by atoms with van der Waals surface area (Å²) in [6.45, 7) is 0.366. The number of hydrogen-bond acceptors (Lipinski definition) is 2. The van der Waals surface area contributed by atoms with E-state index < -0.39 is 11.6 Å². The van der Waals surface area contributed by atoms with Crippen molar-refractivity contribution < 1.29 is 13.6 Å². The molecule has 104 valence electrons. The Hall–Kier alpha value is -1.49. The number of benzene rings is 1. The first-order valence-electron chi connectivity index (χ1n) is 6.54. The fraction of sp³-hybridized carbons (Fsp3) is 0.500. The van der Waals surface area contributed by atoms with Crippen LogP contribution in [0.25, 0.3) is 0 Å². The smallest absolute Gasteiger partial charge is 0.224 e. The van der Waals surface area contributed by atoms with E-state index >= 15 is 0 Å². The maximum Gasteiger partial charge on any atom is 0.224 e. The number of rotatable bonds is 4. The van der Waals surface area contributed by atoms with Crippen LogP contribution in [-0.4, -0.2) is 18.5 Å². The molecule has 0 bridgehead atoms. The monoisotopic (exact) mass is 268 g/mol. The number of amides is 1. The molecule has 0 heterocycles. The summed E-state index contributed by atoms with van der Waals surface area (Å²) in [7, 11) is 0. The highest BCUT2D eigenvalue weighted by molar-refractivity contribution is 5.79. The molecule has 1 aromatic carbocycles. The van der Waals surface area contributed by atoms with Gasteiger partial charge in [0.1, 0.15) is 11.6 Å². The van der Waals surface area contributed by atoms with Gasteiger partial charge in [0.05, 0.1) is 5.92 Å². The Kier molecular flexibility index (Phi) is 4.47. The van der Waals surface area contributed by atoms with Gasteiger partial charge in [0, 0.05) is 18.7 Å². The lowest BCUT2D eigenvalue weighted by Gasteiger charge is -2.15. The van der Waals surface area contributed by atoms with Gasteiger partial charge in [0.25, 0.3) is 0 Å². The Bertz CT molecular complexity index is 445. The normalized spacial score (nSPS) is 22.5. The Morgan fingerprint density at radius 1 is 1.26 bits per heavy atom. The number of nitrogens with one attached hydrogen (secondary N) is 1. The molecule has 1 amide bonds. The van der Waals surface area contributed by atoms with Crippen molar-refractivity contribution in [3.05, 3.63) is 35.4 Å². The van der Waals surface area contributed by atoms with Gasteiger partial charge in [-0.15, -0.1) is 0 Å². The van der Waals surface area contributed by atoms with Crippen LogP contribution >= 0.6 is 0 Å². The van der Waals surface area contributed by atoms with Gasteiger partial charge < -0.3 is 11.1 Å². The molecule has 0 aliphatic heterocycles. The molecule has 0 saturated heterocycles. The number of hydrogen-bond donors (Lipinski definition) is 2. The molecule has 1 aliphatic rings. The molecule has 5 heteroatoms. The van der Waals surface area contributed by atoms with Gasteiger partial charge in [-0.25, -0.2) is 8.78 Å². The zero-order valence-electron chi connectivity index (χ0n) is 10.7. The standard InChI is InChI=1S/C14H18F2N2O/c15-10-6-9(7-11(16)8-10)4-5-18-14(19)12-2-1-3-13(12)17/h6-8,12-13H,1-5,17H2,(H,18,19). The number of carbonyl (C=O) groups excluding carboxylic acids is 1. The molecule has 2 unspecified atom stereocenters. The molecule has 1 aliphatic carbocycles. The molecule has 0 spiro atoms. The van der Waals surface area contributed by atoms with Gasteiger partial charge in [-0.05, 0) is 37.0 Å². The maximum atomic E-state index is 13.0. The van der Waals surface area contributed by atoms with E-state index in [4.69, 9.17) is 5.73 Å². The van der Waals surface area contributed by atoms with Gasteiger partial charge in [-0.3, -0.25) is 4.79 Å². The van der Waals surface area contributed by atoms with Crippen molar-refractivity contribution in [2.45, 2.75) is 31.7 Å². The number of carbonyl (C=O) groups is 1.